The van der Waals surface area contributed by atoms with Crippen LogP contribution in [-0.4, -0.2) is 30.6 Å². The SMILES string of the molecule is CCCCOc1ccc(C(=O)Oc2ccc(/C=N\NC(=O)C(=O)Nc3ccccc3C)cc2)cc1. The van der Waals surface area contributed by atoms with Crippen LogP contribution in [-0.2, 0) is 9.59 Å². The van der Waals surface area contributed by atoms with Crippen LogP contribution >= 0.6 is 0 Å². The quantitative estimate of drug-likeness (QED) is 0.119. The molecule has 0 fully saturated rings. The van der Waals surface area contributed by atoms with E-state index in [1.807, 2.05) is 19.1 Å². The lowest BCUT2D eigenvalue weighted by atomic mass is 10.2. The molecular weight excluding hydrogens is 446 g/mol. The van der Waals surface area contributed by atoms with Crippen LogP contribution in [0.3, 0.4) is 0 Å². The maximum absolute atomic E-state index is 12.4. The summed E-state index contributed by atoms with van der Waals surface area (Å²) in [5, 5.41) is 6.33. The van der Waals surface area contributed by atoms with Gasteiger partial charge in [-0.25, -0.2) is 10.2 Å². The molecule has 0 bridgehead atoms. The largest absolute Gasteiger partial charge is 0.494 e. The van der Waals surface area contributed by atoms with Crippen molar-refractivity contribution >= 4 is 29.7 Å². The normalized spacial score (nSPS) is 10.6. The van der Waals surface area contributed by atoms with E-state index in [0.29, 0.717) is 34.9 Å². The Morgan fingerprint density at radius 1 is 0.886 bits per heavy atom. The van der Waals surface area contributed by atoms with Crippen molar-refractivity contribution in [2.24, 2.45) is 5.10 Å². The molecule has 0 heterocycles. The molecule has 3 rings (SSSR count). The first-order valence-corrected chi connectivity index (χ1v) is 11.2. The lowest BCUT2D eigenvalue weighted by Crippen LogP contribution is -2.32. The Balaban J connectivity index is 1.47. The number of hydrogen-bond donors (Lipinski definition) is 2. The summed E-state index contributed by atoms with van der Waals surface area (Å²) in [4.78, 5) is 36.3. The Kier molecular flexibility index (Phi) is 9.13. The number of unbranched alkanes of at least 4 members (excludes halogenated alkanes) is 1. The van der Waals surface area contributed by atoms with Crippen LogP contribution in [0.2, 0.25) is 0 Å². The number of nitrogens with zero attached hydrogens (tertiary/aromatic N) is 1. The molecule has 180 valence electrons. The number of esters is 1. The second-order valence-corrected chi connectivity index (χ2v) is 7.65. The third-order valence-corrected chi connectivity index (χ3v) is 4.93. The molecule has 0 atom stereocenters. The first-order valence-electron chi connectivity index (χ1n) is 11.2. The van der Waals surface area contributed by atoms with Crippen molar-refractivity contribution < 1.29 is 23.9 Å². The molecule has 0 aromatic heterocycles. The molecule has 0 radical (unpaired) electrons. The topological polar surface area (TPSA) is 106 Å². The van der Waals surface area contributed by atoms with E-state index in [1.54, 1.807) is 60.7 Å². The molecular formula is C27H27N3O5. The van der Waals surface area contributed by atoms with Crippen molar-refractivity contribution in [2.45, 2.75) is 26.7 Å². The van der Waals surface area contributed by atoms with Gasteiger partial charge in [0.2, 0.25) is 0 Å². The molecule has 0 saturated heterocycles. The molecule has 0 saturated carbocycles. The van der Waals surface area contributed by atoms with Gasteiger partial charge in [-0.3, -0.25) is 9.59 Å². The predicted molar refractivity (Wildman–Crippen MR) is 134 cm³/mol. The van der Waals surface area contributed by atoms with Crippen LogP contribution < -0.4 is 20.2 Å². The van der Waals surface area contributed by atoms with Gasteiger partial charge in [0.05, 0.1) is 18.4 Å². The molecule has 3 aromatic rings. The molecule has 0 aliphatic carbocycles. The van der Waals surface area contributed by atoms with Gasteiger partial charge in [0.15, 0.2) is 0 Å². The first kappa shape index (κ1) is 25.2. The van der Waals surface area contributed by atoms with Crippen LogP contribution in [0.1, 0.15) is 41.3 Å². The van der Waals surface area contributed by atoms with Gasteiger partial charge in [-0.2, -0.15) is 5.10 Å². The monoisotopic (exact) mass is 473 g/mol. The maximum atomic E-state index is 12.4. The highest BCUT2D eigenvalue weighted by Crippen LogP contribution is 2.17. The molecule has 2 N–H and O–H groups in total. The standard InChI is InChI=1S/C27H27N3O5/c1-3-4-17-34-22-15-11-21(12-16-22)27(33)35-23-13-9-20(10-14-23)18-28-30-26(32)25(31)29-24-8-6-5-7-19(24)2/h5-16,18H,3-4,17H2,1-2H3,(H,29,31)(H,30,32)/b28-18-. The van der Waals surface area contributed by atoms with Crippen molar-refractivity contribution in [1.29, 1.82) is 0 Å². The number of para-hydroxylation sites is 1. The third-order valence-electron chi connectivity index (χ3n) is 4.93. The average molecular weight is 474 g/mol. The number of hydrazone groups is 1. The number of amides is 2. The molecule has 35 heavy (non-hydrogen) atoms. The molecule has 8 heteroatoms. The van der Waals surface area contributed by atoms with Gasteiger partial charge in [-0.05, 0) is 79.1 Å². The molecule has 8 nitrogen and oxygen atoms in total. The molecule has 0 aliphatic rings. The van der Waals surface area contributed by atoms with Gasteiger partial charge in [0.25, 0.3) is 0 Å². The summed E-state index contributed by atoms with van der Waals surface area (Å²) in [7, 11) is 0. The number of rotatable bonds is 9. The number of anilines is 1. The van der Waals surface area contributed by atoms with Crippen molar-refractivity contribution in [3.05, 3.63) is 89.5 Å². The van der Waals surface area contributed by atoms with Crippen LogP contribution in [0.4, 0.5) is 5.69 Å². The Bertz CT molecular complexity index is 1190. The van der Waals surface area contributed by atoms with Gasteiger partial charge < -0.3 is 14.8 Å². The first-order chi connectivity index (χ1) is 17.0. The maximum Gasteiger partial charge on any atom is 0.343 e. The summed E-state index contributed by atoms with van der Waals surface area (Å²) in [5.74, 6) is -1.13. The van der Waals surface area contributed by atoms with Gasteiger partial charge in [-0.1, -0.05) is 31.5 Å². The second-order valence-electron chi connectivity index (χ2n) is 7.65. The highest BCUT2D eigenvalue weighted by molar-refractivity contribution is 6.39. The molecule has 0 spiro atoms. The van der Waals surface area contributed by atoms with E-state index in [9.17, 15) is 14.4 Å². The Hall–Kier alpha value is -4.46. The molecule has 0 unspecified atom stereocenters. The van der Waals surface area contributed by atoms with Gasteiger partial charge in [0, 0.05) is 5.69 Å². The Morgan fingerprint density at radius 2 is 1.57 bits per heavy atom. The van der Waals surface area contributed by atoms with Gasteiger partial charge in [0.1, 0.15) is 11.5 Å². The van der Waals surface area contributed by atoms with E-state index in [1.165, 1.54) is 6.21 Å². The summed E-state index contributed by atoms with van der Waals surface area (Å²) >= 11 is 0. The number of aryl methyl sites for hydroxylation is 1. The summed E-state index contributed by atoms with van der Waals surface area (Å²) in [6, 6.07) is 20.5. The van der Waals surface area contributed by atoms with Gasteiger partial charge in [-0.15, -0.1) is 0 Å². The highest BCUT2D eigenvalue weighted by atomic mass is 16.5. The average Bonchev–Trinajstić information content (AvgIpc) is 2.87. The zero-order valence-corrected chi connectivity index (χ0v) is 19.6. The molecule has 2 amide bonds. The fourth-order valence-corrected chi connectivity index (χ4v) is 2.92. The van der Waals surface area contributed by atoms with E-state index >= 15 is 0 Å². The number of carbonyl (C=O) groups is 3. The van der Waals surface area contributed by atoms with Crippen LogP contribution in [0, 0.1) is 6.92 Å². The van der Waals surface area contributed by atoms with E-state index in [2.05, 4.69) is 22.8 Å². The number of benzene rings is 3. The summed E-state index contributed by atoms with van der Waals surface area (Å²) in [6.45, 7) is 4.56. The number of nitrogens with one attached hydrogen (secondary N) is 2. The predicted octanol–water partition coefficient (Wildman–Crippen LogP) is 4.48. The number of hydrogen-bond acceptors (Lipinski definition) is 6. The van der Waals surface area contributed by atoms with Crippen LogP contribution in [0.25, 0.3) is 0 Å². The van der Waals surface area contributed by atoms with E-state index < -0.39 is 17.8 Å². The van der Waals surface area contributed by atoms with Crippen LogP contribution in [0.5, 0.6) is 11.5 Å². The zero-order valence-electron chi connectivity index (χ0n) is 19.6. The minimum absolute atomic E-state index is 0.358. The fourth-order valence-electron chi connectivity index (χ4n) is 2.92. The van der Waals surface area contributed by atoms with Crippen molar-refractivity contribution in [1.82, 2.24) is 5.43 Å². The lowest BCUT2D eigenvalue weighted by Gasteiger charge is -2.07. The van der Waals surface area contributed by atoms with Crippen LogP contribution in [0.15, 0.2) is 77.9 Å². The number of carbonyl (C=O) groups excluding carboxylic acids is 3. The molecule has 3 aromatic carbocycles. The lowest BCUT2D eigenvalue weighted by molar-refractivity contribution is -0.136. The molecule has 0 aliphatic heterocycles. The Morgan fingerprint density at radius 3 is 2.26 bits per heavy atom. The number of ether oxygens (including phenoxy) is 2. The van der Waals surface area contributed by atoms with E-state index in [4.69, 9.17) is 9.47 Å². The summed E-state index contributed by atoms with van der Waals surface area (Å²) in [6.07, 6.45) is 3.40. The van der Waals surface area contributed by atoms with E-state index in [0.717, 1.165) is 18.4 Å². The fraction of sp³-hybridized carbons (Fsp3) is 0.185. The smallest absolute Gasteiger partial charge is 0.343 e. The summed E-state index contributed by atoms with van der Waals surface area (Å²) < 4.78 is 11.0. The van der Waals surface area contributed by atoms with Gasteiger partial charge >= 0.3 is 17.8 Å². The highest BCUT2D eigenvalue weighted by Gasteiger charge is 2.13. The van der Waals surface area contributed by atoms with Crippen molar-refractivity contribution in [2.75, 3.05) is 11.9 Å². The van der Waals surface area contributed by atoms with Crippen molar-refractivity contribution in [3.8, 4) is 11.5 Å². The minimum Gasteiger partial charge on any atom is -0.494 e. The minimum atomic E-state index is -0.892. The van der Waals surface area contributed by atoms with Crippen molar-refractivity contribution in [3.63, 3.8) is 0 Å². The third kappa shape index (κ3) is 7.82. The summed E-state index contributed by atoms with van der Waals surface area (Å²) in [5.41, 5.74) is 4.62. The Labute approximate surface area is 204 Å². The van der Waals surface area contributed by atoms with E-state index in [-0.39, 0.29) is 0 Å². The second kappa shape index (κ2) is 12.7. The zero-order chi connectivity index (χ0) is 25.0.